The van der Waals surface area contributed by atoms with Gasteiger partial charge in [0.2, 0.25) is 0 Å². The second-order valence-electron chi connectivity index (χ2n) is 11.1. The number of hydrogen-bond acceptors (Lipinski definition) is 1. The number of carbonyl (C=O) groups is 1. The van der Waals surface area contributed by atoms with Crippen LogP contribution in [0.15, 0.2) is 23.3 Å². The summed E-state index contributed by atoms with van der Waals surface area (Å²) in [6.07, 6.45) is 13.2. The second-order valence-corrected chi connectivity index (χ2v) is 16.6. The molecule has 5 atom stereocenters. The number of carbonyl (C=O) groups excluding carboxylic acids is 1. The molecule has 4 aliphatic carbocycles. The van der Waals surface area contributed by atoms with Crippen LogP contribution in [0.4, 0.5) is 0 Å². The Morgan fingerprint density at radius 2 is 1.80 bits per heavy atom. The van der Waals surface area contributed by atoms with E-state index in [9.17, 15) is 4.79 Å². The Bertz CT molecular complexity index is 651. The Morgan fingerprint density at radius 1 is 1.04 bits per heavy atom. The minimum atomic E-state index is -1.05. The quantitative estimate of drug-likeness (QED) is 0.413. The van der Waals surface area contributed by atoms with Crippen LogP contribution >= 0.6 is 0 Å². The van der Waals surface area contributed by atoms with Crippen molar-refractivity contribution in [2.45, 2.75) is 84.5 Å². The van der Waals surface area contributed by atoms with Gasteiger partial charge in [0.15, 0.2) is 5.78 Å². The first-order valence-electron chi connectivity index (χ1n) is 10.6. The molecule has 4 aliphatic rings. The van der Waals surface area contributed by atoms with Crippen molar-refractivity contribution in [2.75, 3.05) is 0 Å². The first-order chi connectivity index (χ1) is 11.6. The van der Waals surface area contributed by atoms with Crippen molar-refractivity contribution in [2.24, 2.45) is 28.6 Å². The van der Waals surface area contributed by atoms with Crippen molar-refractivity contribution < 1.29 is 4.79 Å². The molecule has 0 aromatic carbocycles. The van der Waals surface area contributed by atoms with Gasteiger partial charge >= 0.3 is 0 Å². The summed E-state index contributed by atoms with van der Waals surface area (Å²) in [7, 11) is -1.05. The normalized spacial score (nSPS) is 43.7. The molecular formula is C23H36OSi. The van der Waals surface area contributed by atoms with Gasteiger partial charge in [0.25, 0.3) is 0 Å². The Hall–Kier alpha value is -0.633. The van der Waals surface area contributed by atoms with Gasteiger partial charge in [0.05, 0.1) is 0 Å². The fourth-order valence-electron chi connectivity index (χ4n) is 7.06. The summed E-state index contributed by atoms with van der Waals surface area (Å²) >= 11 is 0. The lowest BCUT2D eigenvalue weighted by Gasteiger charge is -2.58. The van der Waals surface area contributed by atoms with Gasteiger partial charge in [-0.25, -0.2) is 0 Å². The highest BCUT2D eigenvalue weighted by molar-refractivity contribution is 6.76. The molecule has 0 N–H and O–H groups in total. The Balaban J connectivity index is 1.61. The van der Waals surface area contributed by atoms with Crippen LogP contribution in [0, 0.1) is 28.6 Å². The van der Waals surface area contributed by atoms with Crippen molar-refractivity contribution in [1.82, 2.24) is 0 Å². The molecule has 25 heavy (non-hydrogen) atoms. The van der Waals surface area contributed by atoms with E-state index in [0.717, 1.165) is 30.6 Å². The molecule has 0 heterocycles. The van der Waals surface area contributed by atoms with Crippen LogP contribution in [0.1, 0.15) is 58.8 Å². The Kier molecular flexibility index (Phi) is 4.04. The highest BCUT2D eigenvalue weighted by Crippen LogP contribution is 2.65. The maximum Gasteiger partial charge on any atom is 0.155 e. The van der Waals surface area contributed by atoms with Crippen molar-refractivity contribution in [1.29, 1.82) is 0 Å². The molecule has 2 saturated carbocycles. The van der Waals surface area contributed by atoms with E-state index in [2.05, 4.69) is 39.6 Å². The Morgan fingerprint density at radius 3 is 2.52 bits per heavy atom. The second kappa shape index (κ2) is 5.68. The highest BCUT2D eigenvalue weighted by atomic mass is 28.3. The fourth-order valence-corrected chi connectivity index (χ4v) is 8.75. The molecule has 0 aromatic heterocycles. The average Bonchev–Trinajstić information content (AvgIpc) is 2.83. The van der Waals surface area contributed by atoms with Crippen molar-refractivity contribution >= 4 is 13.9 Å². The lowest BCUT2D eigenvalue weighted by molar-refractivity contribution is -0.117. The van der Waals surface area contributed by atoms with Gasteiger partial charge in [-0.3, -0.25) is 4.79 Å². The molecule has 138 valence electrons. The number of fused-ring (bicyclic) bond motifs is 5. The lowest BCUT2D eigenvalue weighted by Crippen LogP contribution is -2.50. The van der Waals surface area contributed by atoms with Gasteiger partial charge in [-0.05, 0) is 79.2 Å². The molecule has 2 heteroatoms. The van der Waals surface area contributed by atoms with Crippen LogP contribution in [0.5, 0.6) is 0 Å². The first kappa shape index (κ1) is 17.8. The molecule has 0 spiro atoms. The molecule has 2 fully saturated rings. The minimum absolute atomic E-state index is 0.319. The first-order valence-corrected chi connectivity index (χ1v) is 14.3. The maximum atomic E-state index is 11.9. The van der Waals surface area contributed by atoms with Gasteiger partial charge in [-0.15, -0.1) is 0 Å². The van der Waals surface area contributed by atoms with E-state index >= 15 is 0 Å². The molecule has 0 amide bonds. The van der Waals surface area contributed by atoms with Gasteiger partial charge in [0, 0.05) is 14.5 Å². The standard InChI is InChI=1S/C23H36OSi/c1-22-12-10-18(24)14-16(22)6-8-19-20-9-7-17(15-25(3,4)5)23(20,2)13-11-21(19)22/h7,14,19-21H,6,8-13,15H2,1-5H3/t19-,20-,21-,22-,23+/m0/s1. The van der Waals surface area contributed by atoms with E-state index in [0.29, 0.717) is 16.6 Å². The zero-order valence-corrected chi connectivity index (χ0v) is 18.0. The van der Waals surface area contributed by atoms with E-state index in [1.54, 1.807) is 0 Å². The average molecular weight is 357 g/mol. The zero-order valence-electron chi connectivity index (χ0n) is 17.0. The van der Waals surface area contributed by atoms with Crippen LogP contribution in [-0.2, 0) is 4.79 Å². The molecule has 0 bridgehead atoms. The van der Waals surface area contributed by atoms with Crippen LogP contribution in [-0.4, -0.2) is 13.9 Å². The van der Waals surface area contributed by atoms with E-state index in [1.165, 1.54) is 43.7 Å². The van der Waals surface area contributed by atoms with E-state index < -0.39 is 8.07 Å². The molecular weight excluding hydrogens is 320 g/mol. The predicted molar refractivity (Wildman–Crippen MR) is 108 cm³/mol. The summed E-state index contributed by atoms with van der Waals surface area (Å²) in [5.74, 6) is 2.95. The maximum absolute atomic E-state index is 11.9. The number of allylic oxidation sites excluding steroid dienone is 4. The topological polar surface area (TPSA) is 17.1 Å². The van der Waals surface area contributed by atoms with E-state index in [1.807, 2.05) is 11.6 Å². The van der Waals surface area contributed by atoms with Gasteiger partial charge in [-0.2, -0.15) is 0 Å². The summed E-state index contributed by atoms with van der Waals surface area (Å²) in [5, 5.41) is 0. The Labute approximate surface area is 155 Å². The van der Waals surface area contributed by atoms with E-state index in [-0.39, 0.29) is 0 Å². The summed E-state index contributed by atoms with van der Waals surface area (Å²) in [4.78, 5) is 11.9. The molecule has 0 saturated heterocycles. The third kappa shape index (κ3) is 2.74. The summed E-state index contributed by atoms with van der Waals surface area (Å²) in [6.45, 7) is 12.7. The smallest absolute Gasteiger partial charge is 0.155 e. The molecule has 1 nitrogen and oxygen atoms in total. The van der Waals surface area contributed by atoms with Crippen LogP contribution < -0.4 is 0 Å². The number of hydrogen-bond donors (Lipinski definition) is 0. The van der Waals surface area contributed by atoms with Crippen LogP contribution in [0.3, 0.4) is 0 Å². The highest BCUT2D eigenvalue weighted by Gasteiger charge is 2.57. The van der Waals surface area contributed by atoms with Crippen LogP contribution in [0.2, 0.25) is 25.7 Å². The molecule has 0 aliphatic heterocycles. The SMILES string of the molecule is C[C@]12CCC(=O)C=C1CC[C@@H]1[C@@H]2CC[C@]2(C)C(C[Si](C)(C)C)=CC[C@@H]12. The fraction of sp³-hybridized carbons (Fsp3) is 0.783. The van der Waals surface area contributed by atoms with Crippen molar-refractivity contribution in [3.05, 3.63) is 23.3 Å². The monoisotopic (exact) mass is 356 g/mol. The summed E-state index contributed by atoms with van der Waals surface area (Å²) < 4.78 is 0. The third-order valence-corrected chi connectivity index (χ3v) is 9.87. The summed E-state index contributed by atoms with van der Waals surface area (Å²) in [6, 6.07) is 1.40. The van der Waals surface area contributed by atoms with Gasteiger partial charge in [-0.1, -0.05) is 50.7 Å². The van der Waals surface area contributed by atoms with Crippen molar-refractivity contribution in [3.63, 3.8) is 0 Å². The number of rotatable bonds is 2. The largest absolute Gasteiger partial charge is 0.295 e. The predicted octanol–water partition coefficient (Wildman–Crippen LogP) is 6.39. The van der Waals surface area contributed by atoms with Gasteiger partial charge < -0.3 is 0 Å². The number of ketones is 1. The summed E-state index contributed by atoms with van der Waals surface area (Å²) in [5.41, 5.74) is 4.12. The van der Waals surface area contributed by atoms with Crippen molar-refractivity contribution in [3.8, 4) is 0 Å². The minimum Gasteiger partial charge on any atom is -0.295 e. The lowest BCUT2D eigenvalue weighted by atomic mass is 9.47. The molecule has 0 unspecified atom stereocenters. The molecule has 4 rings (SSSR count). The third-order valence-electron chi connectivity index (χ3n) is 8.42. The molecule has 0 aromatic rings. The zero-order chi connectivity index (χ0) is 18.0. The van der Waals surface area contributed by atoms with Gasteiger partial charge in [0.1, 0.15) is 0 Å². The molecule has 0 radical (unpaired) electrons. The van der Waals surface area contributed by atoms with Crippen LogP contribution in [0.25, 0.3) is 0 Å². The van der Waals surface area contributed by atoms with E-state index in [4.69, 9.17) is 0 Å².